The van der Waals surface area contributed by atoms with Crippen LogP contribution in [-0.2, 0) is 20.8 Å². The van der Waals surface area contributed by atoms with Crippen molar-refractivity contribution >= 4 is 38.1 Å². The van der Waals surface area contributed by atoms with Crippen LogP contribution in [-0.4, -0.2) is 18.9 Å². The van der Waals surface area contributed by atoms with E-state index in [0.717, 1.165) is 0 Å². The predicted octanol–water partition coefficient (Wildman–Crippen LogP) is 3.19. The molecule has 0 saturated heterocycles. The third-order valence-electron chi connectivity index (χ3n) is 2.86. The number of sulfonamides is 1. The van der Waals surface area contributed by atoms with Crippen LogP contribution >= 0.6 is 11.6 Å². The van der Waals surface area contributed by atoms with E-state index in [-0.39, 0.29) is 9.92 Å². The average Bonchev–Trinajstić information content (AvgIpc) is 2.41. The minimum atomic E-state index is -3.79. The van der Waals surface area contributed by atoms with Gasteiger partial charge in [0.2, 0.25) is 0 Å². The topological polar surface area (TPSA) is 63.2 Å². The van der Waals surface area contributed by atoms with Crippen molar-refractivity contribution < 1.29 is 12.6 Å². The number of nitrogens with one attached hydrogen (secondary N) is 1. The fraction of sp³-hybridized carbons (Fsp3) is 0.143. The Labute approximate surface area is 131 Å². The maximum atomic E-state index is 12.4. The van der Waals surface area contributed by atoms with Gasteiger partial charge in [-0.1, -0.05) is 29.8 Å². The number of hydrogen-bond acceptors (Lipinski definition) is 3. The van der Waals surface area contributed by atoms with E-state index in [4.69, 9.17) is 11.6 Å². The zero-order valence-electron chi connectivity index (χ0n) is 11.5. The molecule has 0 unspecified atom stereocenters. The maximum absolute atomic E-state index is 12.4. The first-order chi connectivity index (χ1) is 9.81. The van der Waals surface area contributed by atoms with Gasteiger partial charge in [0.05, 0.1) is 10.7 Å². The highest BCUT2D eigenvalue weighted by atomic mass is 35.5. The van der Waals surface area contributed by atoms with Crippen LogP contribution in [0.2, 0.25) is 5.02 Å². The molecule has 2 aromatic rings. The standard InChI is InChI=1S/C14H14ClNO3S2/c1-10-5-3-8-13(14(10)15)21(18,19)16-11-6-4-7-12(9-11)20(2)17/h3-9,16H,1-2H3/t20-/m0/s1. The van der Waals surface area contributed by atoms with Crippen LogP contribution < -0.4 is 4.72 Å². The van der Waals surface area contributed by atoms with Gasteiger partial charge in [-0.3, -0.25) is 8.93 Å². The Balaban J connectivity index is 2.40. The molecule has 7 heteroatoms. The van der Waals surface area contributed by atoms with Crippen LogP contribution in [0, 0.1) is 6.92 Å². The van der Waals surface area contributed by atoms with E-state index >= 15 is 0 Å². The van der Waals surface area contributed by atoms with Crippen LogP contribution in [0.4, 0.5) is 5.69 Å². The van der Waals surface area contributed by atoms with Crippen LogP contribution in [0.15, 0.2) is 52.3 Å². The van der Waals surface area contributed by atoms with E-state index in [1.807, 2.05) is 0 Å². The SMILES string of the molecule is Cc1cccc(S(=O)(=O)Nc2cccc([S@](C)=O)c2)c1Cl. The molecule has 0 aliphatic rings. The highest BCUT2D eigenvalue weighted by molar-refractivity contribution is 7.92. The van der Waals surface area contributed by atoms with Gasteiger partial charge in [0, 0.05) is 22.0 Å². The summed E-state index contributed by atoms with van der Waals surface area (Å²) in [5.41, 5.74) is 1.03. The first-order valence-electron chi connectivity index (χ1n) is 6.02. The van der Waals surface area contributed by atoms with E-state index < -0.39 is 20.8 Å². The smallest absolute Gasteiger partial charge is 0.263 e. The molecule has 0 saturated carbocycles. The number of aryl methyl sites for hydroxylation is 1. The summed E-state index contributed by atoms with van der Waals surface area (Å²) in [6.07, 6.45) is 1.53. The number of halogens is 1. The Morgan fingerprint density at radius 1 is 1.14 bits per heavy atom. The minimum Gasteiger partial charge on any atom is -0.280 e. The van der Waals surface area contributed by atoms with Crippen molar-refractivity contribution in [2.24, 2.45) is 0 Å². The third kappa shape index (κ3) is 3.64. The summed E-state index contributed by atoms with van der Waals surface area (Å²) in [4.78, 5) is 0.567. The Bertz CT molecular complexity index is 804. The van der Waals surface area contributed by atoms with Gasteiger partial charge < -0.3 is 0 Å². The van der Waals surface area contributed by atoms with Crippen LogP contribution in [0.5, 0.6) is 0 Å². The van der Waals surface area contributed by atoms with E-state index in [1.165, 1.54) is 18.4 Å². The van der Waals surface area contributed by atoms with Gasteiger partial charge >= 0.3 is 0 Å². The molecule has 2 aromatic carbocycles. The van der Waals surface area contributed by atoms with Crippen LogP contribution in [0.1, 0.15) is 5.56 Å². The van der Waals surface area contributed by atoms with Crippen molar-refractivity contribution in [2.45, 2.75) is 16.7 Å². The summed E-state index contributed by atoms with van der Waals surface area (Å²) >= 11 is 6.06. The lowest BCUT2D eigenvalue weighted by atomic mass is 10.2. The number of benzene rings is 2. The fourth-order valence-corrected chi connectivity index (χ4v) is 3.97. The Morgan fingerprint density at radius 3 is 2.48 bits per heavy atom. The second-order valence-electron chi connectivity index (χ2n) is 4.47. The monoisotopic (exact) mass is 343 g/mol. The second kappa shape index (κ2) is 6.17. The van der Waals surface area contributed by atoms with E-state index in [0.29, 0.717) is 16.1 Å². The average molecular weight is 344 g/mol. The molecular weight excluding hydrogens is 330 g/mol. The Kier molecular flexibility index (Phi) is 4.70. The molecule has 0 spiro atoms. The first-order valence-corrected chi connectivity index (χ1v) is 9.44. The summed E-state index contributed by atoms with van der Waals surface area (Å²) in [6, 6.07) is 11.3. The summed E-state index contributed by atoms with van der Waals surface area (Å²) in [7, 11) is -4.97. The van der Waals surface area contributed by atoms with Crippen molar-refractivity contribution in [3.05, 3.63) is 53.1 Å². The van der Waals surface area contributed by atoms with Gasteiger partial charge in [0.15, 0.2) is 0 Å². The lowest BCUT2D eigenvalue weighted by Crippen LogP contribution is -2.14. The lowest BCUT2D eigenvalue weighted by Gasteiger charge is -2.11. The van der Waals surface area contributed by atoms with Crippen LogP contribution in [0.3, 0.4) is 0 Å². The third-order valence-corrected chi connectivity index (χ3v) is 5.82. The maximum Gasteiger partial charge on any atom is 0.263 e. The quantitative estimate of drug-likeness (QED) is 0.927. The zero-order valence-corrected chi connectivity index (χ0v) is 13.8. The van der Waals surface area contributed by atoms with Gasteiger partial charge in [0.25, 0.3) is 10.0 Å². The van der Waals surface area contributed by atoms with Crippen molar-refractivity contribution in [1.82, 2.24) is 0 Å². The Hall–Kier alpha value is -1.37. The molecule has 0 fully saturated rings. The van der Waals surface area contributed by atoms with Crippen molar-refractivity contribution in [1.29, 1.82) is 0 Å². The van der Waals surface area contributed by atoms with Gasteiger partial charge in [-0.2, -0.15) is 0 Å². The molecule has 0 aliphatic carbocycles. The summed E-state index contributed by atoms with van der Waals surface area (Å²) in [5, 5.41) is 0.195. The van der Waals surface area contributed by atoms with Gasteiger partial charge in [-0.05, 0) is 36.8 Å². The molecule has 0 heterocycles. The van der Waals surface area contributed by atoms with Crippen molar-refractivity contribution in [3.63, 3.8) is 0 Å². The van der Waals surface area contributed by atoms with Gasteiger partial charge in [0.1, 0.15) is 4.90 Å². The van der Waals surface area contributed by atoms with Crippen molar-refractivity contribution in [3.8, 4) is 0 Å². The second-order valence-corrected chi connectivity index (χ2v) is 7.88. The number of anilines is 1. The highest BCUT2D eigenvalue weighted by Gasteiger charge is 2.19. The molecule has 1 atom stereocenters. The van der Waals surface area contributed by atoms with Gasteiger partial charge in [-0.15, -0.1) is 0 Å². The fourth-order valence-electron chi connectivity index (χ4n) is 1.78. The first kappa shape index (κ1) is 16.0. The molecule has 21 heavy (non-hydrogen) atoms. The summed E-state index contributed by atoms with van der Waals surface area (Å²) in [6.45, 7) is 1.74. The number of hydrogen-bond donors (Lipinski definition) is 1. The molecule has 0 bridgehead atoms. The molecule has 2 rings (SSSR count). The summed E-state index contributed by atoms with van der Waals surface area (Å²) < 4.78 is 38.7. The molecule has 112 valence electrons. The van der Waals surface area contributed by atoms with E-state index in [2.05, 4.69) is 4.72 Å². The number of rotatable bonds is 4. The molecule has 0 aliphatic heterocycles. The molecule has 1 N–H and O–H groups in total. The lowest BCUT2D eigenvalue weighted by molar-refractivity contribution is 0.601. The molecule has 4 nitrogen and oxygen atoms in total. The van der Waals surface area contributed by atoms with Crippen molar-refractivity contribution in [2.75, 3.05) is 11.0 Å². The predicted molar refractivity (Wildman–Crippen MR) is 85.8 cm³/mol. The Morgan fingerprint density at radius 2 is 1.81 bits per heavy atom. The normalized spacial score (nSPS) is 12.9. The molecule has 0 aromatic heterocycles. The largest absolute Gasteiger partial charge is 0.280 e. The molecule has 0 radical (unpaired) electrons. The molecule has 0 amide bonds. The summed E-state index contributed by atoms with van der Waals surface area (Å²) in [5.74, 6) is 0. The highest BCUT2D eigenvalue weighted by Crippen LogP contribution is 2.26. The van der Waals surface area contributed by atoms with E-state index in [9.17, 15) is 12.6 Å². The van der Waals surface area contributed by atoms with E-state index in [1.54, 1.807) is 37.3 Å². The van der Waals surface area contributed by atoms with Gasteiger partial charge in [-0.25, -0.2) is 8.42 Å². The molecular formula is C14H14ClNO3S2. The zero-order chi connectivity index (χ0) is 15.6. The minimum absolute atomic E-state index is 0.0205. The van der Waals surface area contributed by atoms with Crippen LogP contribution in [0.25, 0.3) is 0 Å².